The molecule has 4 rings (SSSR count). The largest absolute Gasteiger partial charge is 0.435 e. The van der Waals surface area contributed by atoms with E-state index in [0.717, 1.165) is 41.5 Å². The Bertz CT molecular complexity index is 956. The van der Waals surface area contributed by atoms with Crippen LogP contribution in [0.25, 0.3) is 22.2 Å². The summed E-state index contributed by atoms with van der Waals surface area (Å²) in [4.78, 5) is 4.15. The number of hydrogen-bond acceptors (Lipinski definition) is 3. The van der Waals surface area contributed by atoms with Gasteiger partial charge in [-0.25, -0.2) is 0 Å². The lowest BCUT2D eigenvalue weighted by Crippen LogP contribution is -2.04. The standard InChI is InChI=1S/C19H15F2N3O/c20-19(21)25-14-5-6-15-16(9-22)18(13-2-1-7-23-10-13)24(17(15)8-14)11-12-3-4-12/h1-2,5-8,10,12,19H,3-4,11H2. The Kier molecular flexibility index (Phi) is 3.85. The van der Waals surface area contributed by atoms with Crippen LogP contribution in [0.5, 0.6) is 5.75 Å². The van der Waals surface area contributed by atoms with E-state index >= 15 is 0 Å². The van der Waals surface area contributed by atoms with Crippen molar-refractivity contribution in [2.45, 2.75) is 26.0 Å². The Hall–Kier alpha value is -2.94. The van der Waals surface area contributed by atoms with Crippen molar-refractivity contribution in [1.82, 2.24) is 9.55 Å². The van der Waals surface area contributed by atoms with Crippen molar-refractivity contribution >= 4 is 10.9 Å². The molecule has 1 aliphatic carbocycles. The van der Waals surface area contributed by atoms with Gasteiger partial charge in [0.2, 0.25) is 0 Å². The lowest BCUT2D eigenvalue weighted by molar-refractivity contribution is -0.0497. The van der Waals surface area contributed by atoms with Gasteiger partial charge in [-0.3, -0.25) is 4.98 Å². The molecule has 3 aromatic rings. The van der Waals surface area contributed by atoms with E-state index in [-0.39, 0.29) is 5.75 Å². The van der Waals surface area contributed by atoms with Gasteiger partial charge in [-0.15, -0.1) is 0 Å². The van der Waals surface area contributed by atoms with Crippen LogP contribution in [-0.2, 0) is 6.54 Å². The topological polar surface area (TPSA) is 50.8 Å². The molecule has 0 bridgehead atoms. The van der Waals surface area contributed by atoms with Crippen LogP contribution in [0.4, 0.5) is 8.78 Å². The maximum absolute atomic E-state index is 12.6. The minimum atomic E-state index is -2.88. The molecule has 1 aliphatic rings. The smallest absolute Gasteiger partial charge is 0.387 e. The molecule has 0 aliphatic heterocycles. The van der Waals surface area contributed by atoms with E-state index < -0.39 is 6.61 Å². The van der Waals surface area contributed by atoms with Gasteiger partial charge >= 0.3 is 6.61 Å². The van der Waals surface area contributed by atoms with E-state index in [9.17, 15) is 14.0 Å². The molecule has 2 heterocycles. The fourth-order valence-electron chi connectivity index (χ4n) is 3.17. The van der Waals surface area contributed by atoms with Crippen molar-refractivity contribution in [2.24, 2.45) is 5.92 Å². The third kappa shape index (κ3) is 2.93. The molecular formula is C19H15F2N3O. The van der Waals surface area contributed by atoms with Crippen molar-refractivity contribution in [1.29, 1.82) is 5.26 Å². The Morgan fingerprint density at radius 1 is 1.32 bits per heavy atom. The van der Waals surface area contributed by atoms with Crippen molar-refractivity contribution in [3.63, 3.8) is 0 Å². The van der Waals surface area contributed by atoms with Crippen molar-refractivity contribution < 1.29 is 13.5 Å². The molecule has 0 unspecified atom stereocenters. The molecule has 0 saturated heterocycles. The third-order valence-electron chi connectivity index (χ3n) is 4.45. The highest BCUT2D eigenvalue weighted by Gasteiger charge is 2.26. The first-order valence-electron chi connectivity index (χ1n) is 8.09. The van der Waals surface area contributed by atoms with Crippen LogP contribution in [0.1, 0.15) is 18.4 Å². The van der Waals surface area contributed by atoms with Crippen LogP contribution in [0, 0.1) is 17.2 Å². The monoisotopic (exact) mass is 339 g/mol. The fourth-order valence-corrected chi connectivity index (χ4v) is 3.17. The highest BCUT2D eigenvalue weighted by Crippen LogP contribution is 2.39. The molecule has 1 aromatic carbocycles. The summed E-state index contributed by atoms with van der Waals surface area (Å²) in [5, 5.41) is 10.5. The molecule has 126 valence electrons. The molecule has 4 nitrogen and oxygen atoms in total. The number of rotatable bonds is 5. The second kappa shape index (κ2) is 6.17. The summed E-state index contributed by atoms with van der Waals surface area (Å²) in [6.07, 6.45) is 5.68. The number of ether oxygens (including phenoxy) is 1. The van der Waals surface area contributed by atoms with Crippen molar-refractivity contribution in [3.05, 3.63) is 48.3 Å². The Morgan fingerprint density at radius 2 is 2.16 bits per heavy atom. The maximum Gasteiger partial charge on any atom is 0.387 e. The average molecular weight is 339 g/mol. The first kappa shape index (κ1) is 15.6. The Labute approximate surface area is 143 Å². The molecule has 0 radical (unpaired) electrons. The number of pyridine rings is 1. The summed E-state index contributed by atoms with van der Waals surface area (Å²) < 4.78 is 31.7. The van der Waals surface area contributed by atoms with Gasteiger partial charge in [-0.1, -0.05) is 0 Å². The quantitative estimate of drug-likeness (QED) is 0.683. The van der Waals surface area contributed by atoms with Gasteiger partial charge in [-0.2, -0.15) is 14.0 Å². The van der Waals surface area contributed by atoms with Gasteiger partial charge in [0.1, 0.15) is 11.8 Å². The predicted molar refractivity (Wildman–Crippen MR) is 89.2 cm³/mol. The van der Waals surface area contributed by atoms with E-state index in [1.165, 1.54) is 6.07 Å². The lowest BCUT2D eigenvalue weighted by Gasteiger charge is -2.11. The normalized spacial score (nSPS) is 14.0. The average Bonchev–Trinajstić information content (AvgIpc) is 3.37. The molecule has 25 heavy (non-hydrogen) atoms. The zero-order valence-electron chi connectivity index (χ0n) is 13.3. The summed E-state index contributed by atoms with van der Waals surface area (Å²) in [7, 11) is 0. The van der Waals surface area contributed by atoms with Gasteiger partial charge in [0.25, 0.3) is 0 Å². The summed E-state index contributed by atoms with van der Waals surface area (Å²) in [6, 6.07) is 10.7. The minimum absolute atomic E-state index is 0.0965. The summed E-state index contributed by atoms with van der Waals surface area (Å²) in [5.74, 6) is 0.650. The van der Waals surface area contributed by atoms with Gasteiger partial charge in [0.05, 0.1) is 16.8 Å². The van der Waals surface area contributed by atoms with Gasteiger partial charge in [0, 0.05) is 36.0 Å². The van der Waals surface area contributed by atoms with E-state index in [1.807, 2.05) is 16.7 Å². The second-order valence-corrected chi connectivity index (χ2v) is 6.19. The van der Waals surface area contributed by atoms with Crippen LogP contribution < -0.4 is 4.74 Å². The number of nitriles is 1. The maximum atomic E-state index is 12.6. The number of halogens is 2. The highest BCUT2D eigenvalue weighted by atomic mass is 19.3. The van der Waals surface area contributed by atoms with E-state index in [2.05, 4.69) is 15.8 Å². The molecule has 1 fully saturated rings. The second-order valence-electron chi connectivity index (χ2n) is 6.19. The van der Waals surface area contributed by atoms with Gasteiger partial charge in [-0.05, 0) is 43.0 Å². The van der Waals surface area contributed by atoms with Crippen LogP contribution in [0.3, 0.4) is 0 Å². The lowest BCUT2D eigenvalue weighted by atomic mass is 10.1. The number of alkyl halides is 2. The van der Waals surface area contributed by atoms with Crippen LogP contribution in [-0.4, -0.2) is 16.2 Å². The van der Waals surface area contributed by atoms with Crippen LogP contribution in [0.15, 0.2) is 42.7 Å². The molecule has 2 aromatic heterocycles. The molecule has 0 amide bonds. The minimum Gasteiger partial charge on any atom is -0.435 e. The molecule has 0 N–H and O–H groups in total. The van der Waals surface area contributed by atoms with Crippen molar-refractivity contribution in [2.75, 3.05) is 0 Å². The molecule has 0 atom stereocenters. The molecule has 1 saturated carbocycles. The van der Waals surface area contributed by atoms with E-state index in [4.69, 9.17) is 0 Å². The van der Waals surface area contributed by atoms with Gasteiger partial charge in [0.15, 0.2) is 0 Å². The number of hydrogen-bond donors (Lipinski definition) is 0. The predicted octanol–water partition coefficient (Wildman–Crippen LogP) is 4.59. The zero-order chi connectivity index (χ0) is 17.4. The SMILES string of the molecule is N#Cc1c(-c2cccnc2)n(CC2CC2)c2cc(OC(F)F)ccc12. The van der Waals surface area contributed by atoms with E-state index in [0.29, 0.717) is 11.5 Å². The number of nitrogens with zero attached hydrogens (tertiary/aromatic N) is 3. The number of aromatic nitrogens is 2. The first-order valence-corrected chi connectivity index (χ1v) is 8.09. The molecule has 0 spiro atoms. The summed E-state index contributed by atoms with van der Waals surface area (Å²) >= 11 is 0. The first-order chi connectivity index (χ1) is 12.2. The van der Waals surface area contributed by atoms with Gasteiger partial charge < -0.3 is 9.30 Å². The number of fused-ring (bicyclic) bond motifs is 1. The Morgan fingerprint density at radius 3 is 2.80 bits per heavy atom. The van der Waals surface area contributed by atoms with Crippen molar-refractivity contribution in [3.8, 4) is 23.1 Å². The fraction of sp³-hybridized carbons (Fsp3) is 0.263. The Balaban J connectivity index is 1.96. The third-order valence-corrected chi connectivity index (χ3v) is 4.45. The molecule has 6 heteroatoms. The zero-order valence-corrected chi connectivity index (χ0v) is 13.3. The van der Waals surface area contributed by atoms with E-state index in [1.54, 1.807) is 24.5 Å². The van der Waals surface area contributed by atoms with Crippen LogP contribution >= 0.6 is 0 Å². The summed E-state index contributed by atoms with van der Waals surface area (Å²) in [5.41, 5.74) is 2.90. The summed E-state index contributed by atoms with van der Waals surface area (Å²) in [6.45, 7) is -2.13. The molecular weight excluding hydrogens is 324 g/mol. The van der Waals surface area contributed by atoms with Crippen LogP contribution in [0.2, 0.25) is 0 Å². The number of benzene rings is 1. The highest BCUT2D eigenvalue weighted by molar-refractivity contribution is 5.95.